The normalized spacial score (nSPS) is 14.1. The molecule has 0 saturated carbocycles. The summed E-state index contributed by atoms with van der Waals surface area (Å²) in [5.41, 5.74) is -2.30. The van der Waals surface area contributed by atoms with Crippen LogP contribution in [0.25, 0.3) is 6.08 Å². The molecule has 0 aromatic heterocycles. The summed E-state index contributed by atoms with van der Waals surface area (Å²) in [4.78, 5) is 35.2. The first-order valence-electron chi connectivity index (χ1n) is 8.26. The average molecular weight is 402 g/mol. The Labute approximate surface area is 164 Å². The van der Waals surface area contributed by atoms with Crippen LogP contribution in [0, 0.1) is 0 Å². The minimum atomic E-state index is -2.91. The second kappa shape index (κ2) is 8.89. The number of benzene rings is 2. The summed E-state index contributed by atoms with van der Waals surface area (Å²) in [6.07, 6.45) is -1.04. The van der Waals surface area contributed by atoms with Gasteiger partial charge in [0, 0.05) is 12.5 Å². The van der Waals surface area contributed by atoms with E-state index in [0.717, 1.165) is 18.2 Å². The molecule has 0 radical (unpaired) electrons. The number of carbonyl (C=O) groups excluding carboxylic acids is 1. The van der Waals surface area contributed by atoms with Crippen molar-refractivity contribution >= 4 is 24.0 Å². The number of carboxylic acid groups (broad SMARTS) is 2. The Balaban J connectivity index is 2.22. The number of aliphatic hydroxyl groups is 1. The monoisotopic (exact) mass is 402 g/mol. The number of ether oxygens (including phenoxy) is 1. The average Bonchev–Trinajstić information content (AvgIpc) is 2.67. The van der Waals surface area contributed by atoms with Crippen molar-refractivity contribution in [2.24, 2.45) is 0 Å². The second-order valence-electron chi connectivity index (χ2n) is 6.13. The molecule has 5 N–H and O–H groups in total. The molecule has 29 heavy (non-hydrogen) atoms. The fourth-order valence-electron chi connectivity index (χ4n) is 2.50. The highest BCUT2D eigenvalue weighted by molar-refractivity contribution is 5.93. The number of carboxylic acids is 2. The maximum absolute atomic E-state index is 12.0. The molecule has 152 valence electrons. The maximum Gasteiger partial charge on any atom is 0.348 e. The molecule has 0 amide bonds. The highest BCUT2D eigenvalue weighted by Crippen LogP contribution is 2.26. The molecule has 0 heterocycles. The number of aliphatic carboxylic acids is 2. The largest absolute Gasteiger partial charge is 0.504 e. The molecule has 2 aromatic carbocycles. The smallest absolute Gasteiger partial charge is 0.348 e. The summed E-state index contributed by atoms with van der Waals surface area (Å²) < 4.78 is 4.72. The number of aromatic hydroxyl groups is 2. The van der Waals surface area contributed by atoms with Crippen LogP contribution in [0.3, 0.4) is 0 Å². The Morgan fingerprint density at radius 3 is 2.21 bits per heavy atom. The third kappa shape index (κ3) is 5.33. The minimum absolute atomic E-state index is 0.280. The first kappa shape index (κ1) is 21.5. The van der Waals surface area contributed by atoms with Crippen molar-refractivity contribution < 1.29 is 44.7 Å². The van der Waals surface area contributed by atoms with Gasteiger partial charge in [-0.1, -0.05) is 36.4 Å². The summed E-state index contributed by atoms with van der Waals surface area (Å²) in [7, 11) is 0. The van der Waals surface area contributed by atoms with E-state index in [1.165, 1.54) is 24.3 Å². The number of rotatable bonds is 8. The van der Waals surface area contributed by atoms with E-state index >= 15 is 0 Å². The predicted molar refractivity (Wildman–Crippen MR) is 99.1 cm³/mol. The van der Waals surface area contributed by atoms with Gasteiger partial charge in [-0.05, 0) is 29.3 Å². The van der Waals surface area contributed by atoms with Gasteiger partial charge >= 0.3 is 17.9 Å². The fourth-order valence-corrected chi connectivity index (χ4v) is 2.50. The lowest BCUT2D eigenvalue weighted by atomic mass is 9.88. The van der Waals surface area contributed by atoms with Crippen molar-refractivity contribution in [3.05, 3.63) is 65.7 Å². The van der Waals surface area contributed by atoms with Crippen molar-refractivity contribution in [2.45, 2.75) is 18.1 Å². The number of hydrogen-bond acceptors (Lipinski definition) is 7. The standard InChI is InChI=1S/C20H18O9/c21-14-8-6-12(10-15(14)22)7-9-16(23)29-17(18(24)25)20(28,19(26)27)11-13-4-2-1-3-5-13/h1-10,17,21-22,28H,11H2,(H,24,25)(H,26,27)/b9-7+/t17-,20-/m1/s1. The van der Waals surface area contributed by atoms with Crippen LogP contribution in [0.1, 0.15) is 11.1 Å². The summed E-state index contributed by atoms with van der Waals surface area (Å²) >= 11 is 0. The Hall–Kier alpha value is -3.85. The van der Waals surface area contributed by atoms with Crippen LogP contribution in [0.2, 0.25) is 0 Å². The van der Waals surface area contributed by atoms with Crippen LogP contribution < -0.4 is 0 Å². The Morgan fingerprint density at radius 1 is 1.00 bits per heavy atom. The Morgan fingerprint density at radius 2 is 1.66 bits per heavy atom. The lowest BCUT2D eigenvalue weighted by Crippen LogP contribution is -2.56. The molecule has 9 heteroatoms. The van der Waals surface area contributed by atoms with E-state index in [1.54, 1.807) is 18.2 Å². The predicted octanol–water partition coefficient (Wildman–Crippen LogP) is 1.17. The van der Waals surface area contributed by atoms with Crippen LogP contribution in [-0.2, 0) is 25.5 Å². The minimum Gasteiger partial charge on any atom is -0.504 e. The third-order valence-electron chi connectivity index (χ3n) is 3.99. The zero-order valence-electron chi connectivity index (χ0n) is 14.9. The molecule has 0 aliphatic rings. The third-order valence-corrected chi connectivity index (χ3v) is 3.99. The van der Waals surface area contributed by atoms with Gasteiger partial charge in [-0.25, -0.2) is 14.4 Å². The van der Waals surface area contributed by atoms with Crippen LogP contribution in [-0.4, -0.2) is 55.1 Å². The molecule has 0 aliphatic heterocycles. The van der Waals surface area contributed by atoms with Gasteiger partial charge in [0.05, 0.1) is 0 Å². The lowest BCUT2D eigenvalue weighted by Gasteiger charge is -2.29. The van der Waals surface area contributed by atoms with Crippen molar-refractivity contribution in [3.8, 4) is 11.5 Å². The molecule has 2 rings (SSSR count). The van der Waals surface area contributed by atoms with Gasteiger partial charge < -0.3 is 30.3 Å². The summed E-state index contributed by atoms with van der Waals surface area (Å²) in [6.45, 7) is 0. The fraction of sp³-hybridized carbons (Fsp3) is 0.150. The van der Waals surface area contributed by atoms with Gasteiger partial charge in [0.1, 0.15) is 0 Å². The first-order chi connectivity index (χ1) is 13.6. The molecule has 0 bridgehead atoms. The SMILES string of the molecule is O=C(/C=C/c1ccc(O)c(O)c1)O[C@H](C(=O)O)[C@](O)(Cc1ccccc1)C(=O)O. The second-order valence-corrected chi connectivity index (χ2v) is 6.13. The molecule has 0 spiro atoms. The molecule has 0 fully saturated rings. The van der Waals surface area contributed by atoms with Crippen molar-refractivity contribution in [3.63, 3.8) is 0 Å². The molecular formula is C20H18O9. The maximum atomic E-state index is 12.0. The molecule has 0 saturated heterocycles. The Kier molecular flexibility index (Phi) is 6.58. The number of phenols is 2. The van der Waals surface area contributed by atoms with Crippen LogP contribution in [0.15, 0.2) is 54.6 Å². The number of hydrogen-bond donors (Lipinski definition) is 5. The zero-order valence-corrected chi connectivity index (χ0v) is 14.9. The quantitative estimate of drug-likeness (QED) is 0.248. The van der Waals surface area contributed by atoms with Crippen LogP contribution >= 0.6 is 0 Å². The highest BCUT2D eigenvalue weighted by Gasteiger charge is 2.51. The van der Waals surface area contributed by atoms with E-state index in [1.807, 2.05) is 0 Å². The molecule has 2 aromatic rings. The van der Waals surface area contributed by atoms with E-state index in [2.05, 4.69) is 0 Å². The summed E-state index contributed by atoms with van der Waals surface area (Å²) in [6, 6.07) is 11.5. The van der Waals surface area contributed by atoms with Crippen molar-refractivity contribution in [1.29, 1.82) is 0 Å². The molecule has 2 atom stereocenters. The lowest BCUT2D eigenvalue weighted by molar-refractivity contribution is -0.192. The molecule has 0 aliphatic carbocycles. The summed E-state index contributed by atoms with van der Waals surface area (Å²) in [5.74, 6) is -5.74. The van der Waals surface area contributed by atoms with Crippen LogP contribution in [0.5, 0.6) is 11.5 Å². The molecular weight excluding hydrogens is 384 g/mol. The van der Waals surface area contributed by atoms with Gasteiger partial charge in [-0.3, -0.25) is 0 Å². The molecule has 9 nitrogen and oxygen atoms in total. The number of phenolic OH excluding ortho intramolecular Hbond substituents is 2. The van der Waals surface area contributed by atoms with Gasteiger partial charge in [0.15, 0.2) is 11.5 Å². The zero-order chi connectivity index (χ0) is 21.6. The van der Waals surface area contributed by atoms with Crippen LogP contribution in [0.4, 0.5) is 0 Å². The first-order valence-corrected chi connectivity index (χ1v) is 8.26. The highest BCUT2D eigenvalue weighted by atomic mass is 16.6. The topological polar surface area (TPSA) is 162 Å². The van der Waals surface area contributed by atoms with E-state index in [0.29, 0.717) is 5.56 Å². The van der Waals surface area contributed by atoms with E-state index < -0.39 is 41.8 Å². The van der Waals surface area contributed by atoms with E-state index in [4.69, 9.17) is 4.74 Å². The van der Waals surface area contributed by atoms with Gasteiger partial charge in [0.25, 0.3) is 0 Å². The Bertz CT molecular complexity index is 936. The van der Waals surface area contributed by atoms with Crippen molar-refractivity contribution in [1.82, 2.24) is 0 Å². The number of esters is 1. The number of carbonyl (C=O) groups is 3. The van der Waals surface area contributed by atoms with E-state index in [9.17, 15) is 39.9 Å². The van der Waals surface area contributed by atoms with Crippen molar-refractivity contribution in [2.75, 3.05) is 0 Å². The van der Waals surface area contributed by atoms with Gasteiger partial charge in [-0.2, -0.15) is 0 Å². The van der Waals surface area contributed by atoms with Gasteiger partial charge in [0.2, 0.25) is 11.7 Å². The summed E-state index contributed by atoms with van der Waals surface area (Å²) in [5, 5.41) is 48.0. The van der Waals surface area contributed by atoms with E-state index in [-0.39, 0.29) is 11.3 Å². The van der Waals surface area contributed by atoms with Gasteiger partial charge in [-0.15, -0.1) is 0 Å². The molecule has 0 unspecified atom stereocenters.